The highest BCUT2D eigenvalue weighted by Gasteiger charge is 2.57. The maximum absolute atomic E-state index is 12.2. The van der Waals surface area contributed by atoms with Gasteiger partial charge in [-0.25, -0.2) is 10.9 Å². The van der Waals surface area contributed by atoms with Crippen LogP contribution in [0.25, 0.3) is 0 Å². The van der Waals surface area contributed by atoms with E-state index >= 15 is 0 Å². The first-order chi connectivity index (χ1) is 10.3. The van der Waals surface area contributed by atoms with Gasteiger partial charge in [-0.15, -0.1) is 0 Å². The number of carbonyl (C=O) groups is 2. The van der Waals surface area contributed by atoms with Gasteiger partial charge in [0.2, 0.25) is 11.8 Å². The molecule has 1 aliphatic rings. The number of hydroxylamine groups is 1. The van der Waals surface area contributed by atoms with Gasteiger partial charge in [0, 0.05) is 0 Å². The second kappa shape index (κ2) is 5.88. The number of carbonyl (C=O) groups excluding carboxylic acids is 2. The van der Waals surface area contributed by atoms with Crippen LogP contribution < -0.4 is 10.9 Å². The summed E-state index contributed by atoms with van der Waals surface area (Å²) < 4.78 is 0. The molecule has 0 spiro atoms. The molecule has 6 nitrogen and oxygen atoms in total. The first-order valence-corrected chi connectivity index (χ1v) is 7.14. The Bertz CT molecular complexity index is 602. The molecule has 1 saturated carbocycles. The third kappa shape index (κ3) is 3.17. The van der Waals surface area contributed by atoms with E-state index in [2.05, 4.69) is 10.5 Å². The zero-order chi connectivity index (χ0) is 16.4. The van der Waals surface area contributed by atoms with Crippen LogP contribution >= 0.6 is 0 Å². The molecular formula is C16H21N3O3. The summed E-state index contributed by atoms with van der Waals surface area (Å²) in [5.41, 5.74) is 4.87. The van der Waals surface area contributed by atoms with E-state index in [9.17, 15) is 9.59 Å². The van der Waals surface area contributed by atoms with Crippen molar-refractivity contribution in [3.8, 4) is 0 Å². The van der Waals surface area contributed by atoms with Gasteiger partial charge in [0.25, 0.3) is 0 Å². The van der Waals surface area contributed by atoms with E-state index in [0.29, 0.717) is 12.8 Å². The van der Waals surface area contributed by atoms with Crippen LogP contribution in [-0.2, 0) is 9.59 Å². The zero-order valence-electron chi connectivity index (χ0n) is 13.0. The van der Waals surface area contributed by atoms with Crippen LogP contribution in [0.5, 0.6) is 0 Å². The van der Waals surface area contributed by atoms with Gasteiger partial charge in [-0.1, -0.05) is 43.7 Å². The maximum atomic E-state index is 12.2. The molecule has 0 atom stereocenters. The molecule has 1 aliphatic carbocycles. The van der Waals surface area contributed by atoms with E-state index in [0.717, 1.165) is 11.1 Å². The lowest BCUT2D eigenvalue weighted by Gasteiger charge is -2.49. The average Bonchev–Trinajstić information content (AvgIpc) is 2.46. The number of hydrogen-bond acceptors (Lipinski definition) is 4. The number of hydrogen-bond donors (Lipinski definition) is 3. The summed E-state index contributed by atoms with van der Waals surface area (Å²) in [4.78, 5) is 23.7. The molecule has 2 amide bonds. The maximum Gasteiger partial charge on any atom is 0.249 e. The van der Waals surface area contributed by atoms with Gasteiger partial charge in [-0.2, -0.15) is 5.10 Å². The minimum Gasteiger partial charge on any atom is -0.289 e. The third-order valence-corrected chi connectivity index (χ3v) is 4.22. The molecule has 0 aromatic heterocycles. The fourth-order valence-corrected chi connectivity index (χ4v) is 3.08. The lowest BCUT2D eigenvalue weighted by Crippen LogP contribution is -2.57. The SMILES string of the molecule is Cc1ccc(/C=N/NC(=O)C2(C)CC(C)(C(=O)NO)C2)cc1. The minimum absolute atomic E-state index is 0.223. The Morgan fingerprint density at radius 3 is 2.23 bits per heavy atom. The number of benzene rings is 1. The summed E-state index contributed by atoms with van der Waals surface area (Å²) in [6.07, 6.45) is 2.33. The van der Waals surface area contributed by atoms with E-state index in [4.69, 9.17) is 5.21 Å². The van der Waals surface area contributed by atoms with Crippen LogP contribution in [0.4, 0.5) is 0 Å². The van der Waals surface area contributed by atoms with Gasteiger partial charge in [-0.05, 0) is 25.3 Å². The van der Waals surface area contributed by atoms with Gasteiger partial charge in [0.15, 0.2) is 0 Å². The van der Waals surface area contributed by atoms with Crippen LogP contribution in [0, 0.1) is 17.8 Å². The van der Waals surface area contributed by atoms with Crippen LogP contribution in [0.1, 0.15) is 37.8 Å². The highest BCUT2D eigenvalue weighted by Crippen LogP contribution is 2.54. The van der Waals surface area contributed by atoms with Gasteiger partial charge >= 0.3 is 0 Å². The molecule has 22 heavy (non-hydrogen) atoms. The quantitative estimate of drug-likeness (QED) is 0.449. The molecule has 0 bridgehead atoms. The fourth-order valence-electron chi connectivity index (χ4n) is 3.08. The number of rotatable bonds is 4. The Morgan fingerprint density at radius 1 is 1.14 bits per heavy atom. The summed E-state index contributed by atoms with van der Waals surface area (Å²) in [5.74, 6) is -0.681. The van der Waals surface area contributed by atoms with Crippen molar-refractivity contribution in [2.45, 2.75) is 33.6 Å². The molecule has 0 radical (unpaired) electrons. The molecule has 2 rings (SSSR count). The molecule has 0 saturated heterocycles. The molecule has 1 aromatic rings. The lowest BCUT2D eigenvalue weighted by molar-refractivity contribution is -0.160. The molecule has 6 heteroatoms. The molecule has 118 valence electrons. The summed E-state index contributed by atoms with van der Waals surface area (Å²) in [6.45, 7) is 5.51. The molecule has 0 unspecified atom stereocenters. The smallest absolute Gasteiger partial charge is 0.249 e. The van der Waals surface area contributed by atoms with E-state index in [-0.39, 0.29) is 5.91 Å². The van der Waals surface area contributed by atoms with Crippen molar-refractivity contribution in [3.05, 3.63) is 35.4 Å². The molecule has 1 aromatic carbocycles. The lowest BCUT2D eigenvalue weighted by atomic mass is 9.53. The number of nitrogens with zero attached hydrogens (tertiary/aromatic N) is 1. The Hall–Kier alpha value is -2.21. The van der Waals surface area contributed by atoms with Crippen molar-refractivity contribution in [2.24, 2.45) is 15.9 Å². The largest absolute Gasteiger partial charge is 0.289 e. The van der Waals surface area contributed by atoms with Crippen LogP contribution in [0.15, 0.2) is 29.4 Å². The number of hydrazone groups is 1. The molecule has 1 fully saturated rings. The second-order valence-corrected chi connectivity index (χ2v) is 6.53. The summed E-state index contributed by atoms with van der Waals surface area (Å²) >= 11 is 0. The highest BCUT2D eigenvalue weighted by molar-refractivity contribution is 5.90. The summed E-state index contributed by atoms with van der Waals surface area (Å²) in [7, 11) is 0. The third-order valence-electron chi connectivity index (χ3n) is 4.22. The first kappa shape index (κ1) is 16.2. The standard InChI is InChI=1S/C16H21N3O3/c1-11-4-6-12(7-5-11)8-17-18-13(20)15(2)9-16(3,10-15)14(21)19-22/h4-8,22H,9-10H2,1-3H3,(H,18,20)(H,19,21)/b17-8+. The number of amides is 2. The topological polar surface area (TPSA) is 90.8 Å². The summed E-state index contributed by atoms with van der Waals surface area (Å²) in [6, 6.07) is 7.77. The number of nitrogens with one attached hydrogen (secondary N) is 2. The van der Waals surface area contributed by atoms with E-state index in [1.165, 1.54) is 0 Å². The van der Waals surface area contributed by atoms with Crippen LogP contribution in [-0.4, -0.2) is 23.2 Å². The summed E-state index contributed by atoms with van der Waals surface area (Å²) in [5, 5.41) is 12.7. The van der Waals surface area contributed by atoms with Crippen molar-refractivity contribution in [2.75, 3.05) is 0 Å². The van der Waals surface area contributed by atoms with Crippen LogP contribution in [0.2, 0.25) is 0 Å². The fraction of sp³-hybridized carbons (Fsp3) is 0.438. The Morgan fingerprint density at radius 2 is 1.68 bits per heavy atom. The monoisotopic (exact) mass is 303 g/mol. The van der Waals surface area contributed by atoms with Gasteiger partial charge < -0.3 is 0 Å². The van der Waals surface area contributed by atoms with Gasteiger partial charge in [-0.3, -0.25) is 14.8 Å². The van der Waals surface area contributed by atoms with E-state index in [1.54, 1.807) is 25.5 Å². The Balaban J connectivity index is 1.91. The highest BCUT2D eigenvalue weighted by atomic mass is 16.5. The Labute approximate surface area is 129 Å². The normalized spacial score (nSPS) is 27.3. The van der Waals surface area contributed by atoms with Crippen molar-refractivity contribution < 1.29 is 14.8 Å². The van der Waals surface area contributed by atoms with Crippen molar-refractivity contribution in [3.63, 3.8) is 0 Å². The molecular weight excluding hydrogens is 282 g/mol. The second-order valence-electron chi connectivity index (χ2n) is 6.53. The molecule has 0 heterocycles. The van der Waals surface area contributed by atoms with E-state index in [1.807, 2.05) is 31.2 Å². The van der Waals surface area contributed by atoms with Crippen molar-refractivity contribution in [1.29, 1.82) is 0 Å². The Kier molecular flexibility index (Phi) is 4.32. The minimum atomic E-state index is -0.707. The zero-order valence-corrected chi connectivity index (χ0v) is 13.0. The average molecular weight is 303 g/mol. The molecule has 0 aliphatic heterocycles. The van der Waals surface area contributed by atoms with Crippen molar-refractivity contribution >= 4 is 18.0 Å². The molecule has 3 N–H and O–H groups in total. The van der Waals surface area contributed by atoms with Gasteiger partial charge in [0.05, 0.1) is 17.0 Å². The van der Waals surface area contributed by atoms with Gasteiger partial charge in [0.1, 0.15) is 0 Å². The van der Waals surface area contributed by atoms with E-state index < -0.39 is 16.7 Å². The van der Waals surface area contributed by atoms with Crippen molar-refractivity contribution in [1.82, 2.24) is 10.9 Å². The predicted molar refractivity (Wildman–Crippen MR) is 82.3 cm³/mol. The number of aryl methyl sites for hydroxylation is 1. The predicted octanol–water partition coefficient (Wildman–Crippen LogP) is 1.76. The van der Waals surface area contributed by atoms with Crippen LogP contribution in [0.3, 0.4) is 0 Å². The first-order valence-electron chi connectivity index (χ1n) is 7.14.